The minimum Gasteiger partial charge on any atom is -0.477 e. The third-order valence-corrected chi connectivity index (χ3v) is 5.33. The molecule has 3 rings (SSSR count). The van der Waals surface area contributed by atoms with Crippen LogP contribution in [0.1, 0.15) is 32.6 Å². The Hall–Kier alpha value is -1.20. The summed E-state index contributed by atoms with van der Waals surface area (Å²) in [5.74, 6) is -0.793. The Morgan fingerprint density at radius 3 is 3.06 bits per heavy atom. The summed E-state index contributed by atoms with van der Waals surface area (Å²) in [6.07, 6.45) is 4.55. The zero-order valence-corrected chi connectivity index (χ0v) is 11.0. The van der Waals surface area contributed by atoms with Gasteiger partial charge in [0.05, 0.1) is 4.88 Å². The van der Waals surface area contributed by atoms with Gasteiger partial charge in [-0.15, -0.1) is 11.3 Å². The minimum atomic E-state index is -0.793. The molecule has 3 nitrogen and oxygen atoms in total. The average Bonchev–Trinajstić information content (AvgIpc) is 2.91. The predicted octanol–water partition coefficient (Wildman–Crippen LogP) is 3.23. The fraction of sp³-hybridized carbons (Fsp3) is 0.333. The first-order chi connectivity index (χ1) is 8.22. The fourth-order valence-electron chi connectivity index (χ4n) is 2.35. The zero-order valence-electron chi connectivity index (χ0n) is 9.32. The molecule has 0 aliphatic heterocycles. The van der Waals surface area contributed by atoms with Gasteiger partial charge >= 0.3 is 5.97 Å². The van der Waals surface area contributed by atoms with Gasteiger partial charge in [-0.1, -0.05) is 6.92 Å². The number of thiophene rings is 1. The molecule has 88 valence electrons. The molecule has 0 aromatic carbocycles. The second-order valence-electron chi connectivity index (χ2n) is 4.05. The molecule has 1 N–H and O–H groups in total. The van der Waals surface area contributed by atoms with E-state index in [1.807, 2.05) is 6.20 Å². The maximum absolute atomic E-state index is 11.3. The van der Waals surface area contributed by atoms with Crippen LogP contribution < -0.4 is 0 Å². The number of aromatic nitrogens is 1. The van der Waals surface area contributed by atoms with Gasteiger partial charge in [0.2, 0.25) is 0 Å². The molecule has 0 unspecified atom stereocenters. The second kappa shape index (κ2) is 3.92. The first-order valence-electron chi connectivity index (χ1n) is 5.54. The molecule has 0 saturated carbocycles. The van der Waals surface area contributed by atoms with Crippen LogP contribution >= 0.6 is 22.9 Å². The van der Waals surface area contributed by atoms with Crippen molar-refractivity contribution in [2.75, 3.05) is 0 Å². The topological polar surface area (TPSA) is 50.2 Å². The van der Waals surface area contributed by atoms with Crippen molar-refractivity contribution in [2.24, 2.45) is 0 Å². The summed E-state index contributed by atoms with van der Waals surface area (Å²) in [6.45, 7) is 2.08. The van der Waals surface area contributed by atoms with Gasteiger partial charge in [0.15, 0.2) is 0 Å². The van der Waals surface area contributed by atoms with E-state index in [-0.39, 0.29) is 0 Å². The molecular formula is C12H11NO2S2. The van der Waals surface area contributed by atoms with Gasteiger partial charge in [-0.3, -0.25) is 0 Å². The quantitative estimate of drug-likeness (QED) is 0.907. The molecule has 0 spiro atoms. The summed E-state index contributed by atoms with van der Waals surface area (Å²) < 4.78 is 4.23. The summed E-state index contributed by atoms with van der Waals surface area (Å²) in [5, 5.41) is 9.25. The van der Waals surface area contributed by atoms with E-state index < -0.39 is 5.97 Å². The normalized spacial score (nSPS) is 13.2. The van der Waals surface area contributed by atoms with Crippen molar-refractivity contribution in [1.29, 1.82) is 0 Å². The van der Waals surface area contributed by atoms with Gasteiger partial charge in [0, 0.05) is 16.6 Å². The van der Waals surface area contributed by atoms with Crippen LogP contribution in [0.15, 0.2) is 6.20 Å². The van der Waals surface area contributed by atoms with Crippen LogP contribution in [0, 0.1) is 0 Å². The van der Waals surface area contributed by atoms with Crippen LogP contribution in [0.25, 0.3) is 10.4 Å². The third-order valence-electron chi connectivity index (χ3n) is 3.11. The van der Waals surface area contributed by atoms with Crippen LogP contribution in [-0.4, -0.2) is 15.4 Å². The molecule has 17 heavy (non-hydrogen) atoms. The average molecular weight is 265 g/mol. The van der Waals surface area contributed by atoms with Crippen LogP contribution in [0.4, 0.5) is 0 Å². The standard InChI is InChI=1S/C12H11NO2S2/c1-2-8-9-7(11(16-8)12(14)15)4-3-6-5-13-17-10(6)9/h5H,2-4H2,1H3,(H,14,15). The lowest BCUT2D eigenvalue weighted by Gasteiger charge is -2.13. The highest BCUT2D eigenvalue weighted by molar-refractivity contribution is 7.15. The Morgan fingerprint density at radius 1 is 1.53 bits per heavy atom. The molecule has 0 atom stereocenters. The SMILES string of the molecule is CCc1sc(C(=O)O)c2c1-c1sncc1CC2. The van der Waals surface area contributed by atoms with E-state index in [4.69, 9.17) is 0 Å². The fourth-order valence-corrected chi connectivity index (χ4v) is 4.44. The molecule has 1 aliphatic rings. The van der Waals surface area contributed by atoms with E-state index in [0.29, 0.717) is 4.88 Å². The Labute approximate surface area is 107 Å². The van der Waals surface area contributed by atoms with Crippen molar-refractivity contribution in [3.05, 3.63) is 27.1 Å². The van der Waals surface area contributed by atoms with Crippen LogP contribution in [0.2, 0.25) is 0 Å². The van der Waals surface area contributed by atoms with Gasteiger partial charge < -0.3 is 5.11 Å². The van der Waals surface area contributed by atoms with Gasteiger partial charge in [0.25, 0.3) is 0 Å². The summed E-state index contributed by atoms with van der Waals surface area (Å²) in [7, 11) is 0. The number of carboxylic acids is 1. The first-order valence-corrected chi connectivity index (χ1v) is 7.13. The number of nitrogens with zero attached hydrogens (tertiary/aromatic N) is 1. The second-order valence-corrected chi connectivity index (χ2v) is 5.95. The van der Waals surface area contributed by atoms with Crippen molar-refractivity contribution in [3.8, 4) is 10.4 Å². The minimum absolute atomic E-state index is 0.524. The molecule has 5 heteroatoms. The molecule has 2 heterocycles. The lowest BCUT2D eigenvalue weighted by molar-refractivity contribution is 0.0701. The van der Waals surface area contributed by atoms with Crippen LogP contribution in [0.3, 0.4) is 0 Å². The Morgan fingerprint density at radius 2 is 2.35 bits per heavy atom. The number of hydrogen-bond donors (Lipinski definition) is 1. The van der Waals surface area contributed by atoms with E-state index in [0.717, 1.165) is 24.8 Å². The number of fused-ring (bicyclic) bond motifs is 3. The Kier molecular flexibility index (Phi) is 2.52. The maximum atomic E-state index is 11.3. The van der Waals surface area contributed by atoms with Crippen molar-refractivity contribution in [3.63, 3.8) is 0 Å². The number of aromatic carboxylic acids is 1. The van der Waals surface area contributed by atoms with Crippen LogP contribution in [-0.2, 0) is 19.3 Å². The smallest absolute Gasteiger partial charge is 0.346 e. The van der Waals surface area contributed by atoms with Gasteiger partial charge in [0.1, 0.15) is 4.88 Å². The number of hydrogen-bond acceptors (Lipinski definition) is 4. The van der Waals surface area contributed by atoms with E-state index >= 15 is 0 Å². The Bertz CT molecular complexity index is 598. The highest BCUT2D eigenvalue weighted by atomic mass is 32.1. The molecular weight excluding hydrogens is 254 g/mol. The van der Waals surface area contributed by atoms with Gasteiger partial charge in [-0.05, 0) is 41.9 Å². The highest BCUT2D eigenvalue weighted by Crippen LogP contribution is 2.44. The molecule has 0 amide bonds. The lowest BCUT2D eigenvalue weighted by Crippen LogP contribution is -2.04. The molecule has 0 fully saturated rings. The number of aryl methyl sites for hydroxylation is 2. The summed E-state index contributed by atoms with van der Waals surface area (Å²) in [5.41, 5.74) is 3.46. The molecule has 2 aromatic rings. The summed E-state index contributed by atoms with van der Waals surface area (Å²) >= 11 is 2.92. The van der Waals surface area contributed by atoms with E-state index in [1.165, 1.54) is 43.8 Å². The first kappa shape index (κ1) is 10.9. The lowest BCUT2D eigenvalue weighted by atomic mass is 9.92. The largest absolute Gasteiger partial charge is 0.477 e. The predicted molar refractivity (Wildman–Crippen MR) is 69.2 cm³/mol. The van der Waals surface area contributed by atoms with Gasteiger partial charge in [-0.25, -0.2) is 9.17 Å². The van der Waals surface area contributed by atoms with Crippen molar-refractivity contribution < 1.29 is 9.90 Å². The zero-order chi connectivity index (χ0) is 12.0. The number of carboxylic acid groups (broad SMARTS) is 1. The van der Waals surface area contributed by atoms with Crippen molar-refractivity contribution >= 4 is 28.8 Å². The van der Waals surface area contributed by atoms with Crippen molar-refractivity contribution in [1.82, 2.24) is 4.37 Å². The Balaban J connectivity index is 2.29. The van der Waals surface area contributed by atoms with Crippen LogP contribution in [0.5, 0.6) is 0 Å². The van der Waals surface area contributed by atoms with Gasteiger partial charge in [-0.2, -0.15) is 0 Å². The van der Waals surface area contributed by atoms with E-state index in [2.05, 4.69) is 11.3 Å². The maximum Gasteiger partial charge on any atom is 0.346 e. The summed E-state index contributed by atoms with van der Waals surface area (Å²) in [6, 6.07) is 0. The third kappa shape index (κ3) is 1.53. The highest BCUT2D eigenvalue weighted by Gasteiger charge is 2.28. The summed E-state index contributed by atoms with van der Waals surface area (Å²) in [4.78, 5) is 14.1. The van der Waals surface area contributed by atoms with E-state index in [9.17, 15) is 9.90 Å². The van der Waals surface area contributed by atoms with Crippen molar-refractivity contribution in [2.45, 2.75) is 26.2 Å². The molecule has 0 saturated heterocycles. The number of rotatable bonds is 2. The molecule has 0 radical (unpaired) electrons. The molecule has 1 aliphatic carbocycles. The monoisotopic (exact) mass is 265 g/mol. The molecule has 2 aromatic heterocycles. The van der Waals surface area contributed by atoms with E-state index in [1.54, 1.807) is 0 Å². The number of carbonyl (C=O) groups is 1. The molecule has 0 bridgehead atoms.